The van der Waals surface area contributed by atoms with E-state index in [0.717, 1.165) is 39.9 Å². The van der Waals surface area contributed by atoms with Crippen LogP contribution in [-0.2, 0) is 11.2 Å². The zero-order chi connectivity index (χ0) is 20.1. The standard InChI is InChI=1S/C20H22BrN3O4/c1-12-17-15(23-24-19(25)13-6-8-14(21)9-7-13)4-3-5-16(17)28-18(12)20(26)22-10-11-27-2/h6-9H,3-5,10-11H2,1-2H3,(H,22,26)(H,24,25)/b23-15+. The summed E-state index contributed by atoms with van der Waals surface area (Å²) >= 11 is 3.35. The van der Waals surface area contributed by atoms with Crippen molar-refractivity contribution in [1.82, 2.24) is 10.7 Å². The molecule has 0 saturated carbocycles. The third-order valence-electron chi connectivity index (χ3n) is 4.52. The number of carbonyl (C=O) groups is 2. The quantitative estimate of drug-likeness (QED) is 0.525. The van der Waals surface area contributed by atoms with E-state index in [2.05, 4.69) is 31.8 Å². The molecular formula is C20H22BrN3O4. The van der Waals surface area contributed by atoms with Gasteiger partial charge < -0.3 is 14.5 Å². The lowest BCUT2D eigenvalue weighted by molar-refractivity contribution is 0.0906. The monoisotopic (exact) mass is 447 g/mol. The Balaban J connectivity index is 1.78. The summed E-state index contributed by atoms with van der Waals surface area (Å²) < 4.78 is 11.7. The van der Waals surface area contributed by atoms with Crippen molar-refractivity contribution < 1.29 is 18.7 Å². The molecule has 0 aliphatic heterocycles. The number of rotatable bonds is 6. The van der Waals surface area contributed by atoms with Crippen molar-refractivity contribution in [2.24, 2.45) is 5.10 Å². The normalized spacial score (nSPS) is 14.6. The van der Waals surface area contributed by atoms with Gasteiger partial charge in [-0.1, -0.05) is 15.9 Å². The Bertz CT molecular complexity index is 903. The van der Waals surface area contributed by atoms with Crippen LogP contribution in [0.3, 0.4) is 0 Å². The number of nitrogens with zero attached hydrogens (tertiary/aromatic N) is 1. The number of fused-ring (bicyclic) bond motifs is 1. The average molecular weight is 448 g/mol. The first kappa shape index (κ1) is 20.3. The minimum absolute atomic E-state index is 0.276. The Labute approximate surface area is 171 Å². The smallest absolute Gasteiger partial charge is 0.287 e. The molecule has 28 heavy (non-hydrogen) atoms. The van der Waals surface area contributed by atoms with Crippen molar-refractivity contribution >= 4 is 33.5 Å². The van der Waals surface area contributed by atoms with Crippen LogP contribution in [0.4, 0.5) is 0 Å². The average Bonchev–Trinajstić information content (AvgIpc) is 3.04. The van der Waals surface area contributed by atoms with Crippen LogP contribution in [0.5, 0.6) is 0 Å². The van der Waals surface area contributed by atoms with Crippen LogP contribution in [0.1, 0.15) is 50.6 Å². The predicted molar refractivity (Wildman–Crippen MR) is 109 cm³/mol. The first-order chi connectivity index (χ1) is 13.5. The molecule has 1 heterocycles. The van der Waals surface area contributed by atoms with E-state index in [9.17, 15) is 9.59 Å². The summed E-state index contributed by atoms with van der Waals surface area (Å²) in [5.41, 5.74) is 5.41. The maximum Gasteiger partial charge on any atom is 0.287 e. The van der Waals surface area contributed by atoms with E-state index in [1.165, 1.54) is 0 Å². The molecule has 2 N–H and O–H groups in total. The van der Waals surface area contributed by atoms with Crippen molar-refractivity contribution in [2.75, 3.05) is 20.3 Å². The number of methoxy groups -OCH3 is 1. The van der Waals surface area contributed by atoms with Gasteiger partial charge in [0.25, 0.3) is 11.8 Å². The van der Waals surface area contributed by atoms with Crippen molar-refractivity contribution in [3.05, 3.63) is 56.9 Å². The number of halogens is 1. The SMILES string of the molecule is COCCNC(=O)c1oc2c(c1C)/C(=N/NC(=O)c1ccc(Br)cc1)CCC2. The van der Waals surface area contributed by atoms with Crippen LogP contribution in [-0.4, -0.2) is 37.8 Å². The molecule has 7 nitrogen and oxygen atoms in total. The molecule has 3 rings (SSSR count). The van der Waals surface area contributed by atoms with Crippen LogP contribution in [0, 0.1) is 6.92 Å². The third-order valence-corrected chi connectivity index (χ3v) is 5.05. The zero-order valence-corrected chi connectivity index (χ0v) is 17.4. The number of ether oxygens (including phenoxy) is 1. The summed E-state index contributed by atoms with van der Waals surface area (Å²) in [6.07, 6.45) is 2.29. The van der Waals surface area contributed by atoms with Crippen molar-refractivity contribution in [3.8, 4) is 0 Å². The molecular weight excluding hydrogens is 426 g/mol. The summed E-state index contributed by atoms with van der Waals surface area (Å²) in [6, 6.07) is 7.04. The fourth-order valence-electron chi connectivity index (χ4n) is 3.13. The maximum absolute atomic E-state index is 12.4. The van der Waals surface area contributed by atoms with Crippen LogP contribution in [0.25, 0.3) is 0 Å². The summed E-state index contributed by atoms with van der Waals surface area (Å²) in [5.74, 6) is 0.459. The molecule has 0 radical (unpaired) electrons. The molecule has 1 aromatic carbocycles. The molecule has 1 aliphatic carbocycles. The van der Waals surface area contributed by atoms with E-state index in [1.807, 2.05) is 6.92 Å². The Morgan fingerprint density at radius 1 is 1.21 bits per heavy atom. The lowest BCUT2D eigenvalue weighted by atomic mass is 9.93. The molecule has 2 aromatic rings. The minimum Gasteiger partial charge on any atom is -0.455 e. The minimum atomic E-state index is -0.286. The van der Waals surface area contributed by atoms with Gasteiger partial charge in [0, 0.05) is 41.2 Å². The summed E-state index contributed by atoms with van der Waals surface area (Å²) in [4.78, 5) is 24.7. The second kappa shape index (κ2) is 9.16. The summed E-state index contributed by atoms with van der Waals surface area (Å²) in [7, 11) is 1.58. The highest BCUT2D eigenvalue weighted by Crippen LogP contribution is 2.29. The molecule has 8 heteroatoms. The lowest BCUT2D eigenvalue weighted by Gasteiger charge is -2.13. The third kappa shape index (κ3) is 4.51. The highest BCUT2D eigenvalue weighted by Gasteiger charge is 2.28. The number of hydrazone groups is 1. The van der Waals surface area contributed by atoms with E-state index < -0.39 is 0 Å². The highest BCUT2D eigenvalue weighted by atomic mass is 79.9. The van der Waals surface area contributed by atoms with Crippen molar-refractivity contribution in [2.45, 2.75) is 26.2 Å². The molecule has 0 fully saturated rings. The molecule has 0 spiro atoms. The molecule has 2 amide bonds. The van der Waals surface area contributed by atoms with Gasteiger partial charge in [0.1, 0.15) is 5.76 Å². The van der Waals surface area contributed by atoms with Gasteiger partial charge in [0.15, 0.2) is 5.76 Å². The van der Waals surface area contributed by atoms with Crippen LogP contribution in [0.15, 0.2) is 38.3 Å². The first-order valence-electron chi connectivity index (χ1n) is 9.03. The number of amides is 2. The Morgan fingerprint density at radius 2 is 1.96 bits per heavy atom. The van der Waals surface area contributed by atoms with Gasteiger partial charge in [0.2, 0.25) is 0 Å². The van der Waals surface area contributed by atoms with E-state index in [-0.39, 0.29) is 17.6 Å². The number of nitrogens with one attached hydrogen (secondary N) is 2. The number of furan rings is 1. The van der Waals surface area contributed by atoms with Gasteiger partial charge in [-0.05, 0) is 44.0 Å². The summed E-state index contributed by atoms with van der Waals surface area (Å²) in [5, 5.41) is 7.10. The molecule has 1 aliphatic rings. The van der Waals surface area contributed by atoms with E-state index >= 15 is 0 Å². The number of hydrogen-bond acceptors (Lipinski definition) is 5. The molecule has 0 saturated heterocycles. The Kier molecular flexibility index (Phi) is 6.64. The first-order valence-corrected chi connectivity index (χ1v) is 9.82. The van der Waals surface area contributed by atoms with Crippen molar-refractivity contribution in [3.63, 3.8) is 0 Å². The molecule has 1 aromatic heterocycles. The topological polar surface area (TPSA) is 92.9 Å². The van der Waals surface area contributed by atoms with Gasteiger partial charge in [-0.25, -0.2) is 5.43 Å². The fourth-order valence-corrected chi connectivity index (χ4v) is 3.39. The van der Waals surface area contributed by atoms with Gasteiger partial charge >= 0.3 is 0 Å². The van der Waals surface area contributed by atoms with Gasteiger partial charge in [-0.15, -0.1) is 0 Å². The second-order valence-corrected chi connectivity index (χ2v) is 7.38. The highest BCUT2D eigenvalue weighted by molar-refractivity contribution is 9.10. The summed E-state index contributed by atoms with van der Waals surface area (Å²) in [6.45, 7) is 2.68. The van der Waals surface area contributed by atoms with E-state index in [4.69, 9.17) is 9.15 Å². The van der Waals surface area contributed by atoms with Gasteiger partial charge in [-0.2, -0.15) is 5.10 Å². The maximum atomic E-state index is 12.4. The van der Waals surface area contributed by atoms with E-state index in [1.54, 1.807) is 31.4 Å². The van der Waals surface area contributed by atoms with Gasteiger partial charge in [0.05, 0.1) is 12.3 Å². The lowest BCUT2D eigenvalue weighted by Crippen LogP contribution is -2.27. The predicted octanol–water partition coefficient (Wildman–Crippen LogP) is 3.20. The zero-order valence-electron chi connectivity index (χ0n) is 15.8. The largest absolute Gasteiger partial charge is 0.455 e. The van der Waals surface area contributed by atoms with Gasteiger partial charge in [-0.3, -0.25) is 9.59 Å². The van der Waals surface area contributed by atoms with Crippen LogP contribution in [0.2, 0.25) is 0 Å². The van der Waals surface area contributed by atoms with E-state index in [0.29, 0.717) is 25.1 Å². The number of carbonyl (C=O) groups excluding carboxylic acids is 2. The number of benzene rings is 1. The molecule has 0 atom stereocenters. The number of aryl methyl sites for hydroxylation is 1. The Hall–Kier alpha value is -2.45. The van der Waals surface area contributed by atoms with Crippen molar-refractivity contribution in [1.29, 1.82) is 0 Å². The van der Waals surface area contributed by atoms with Crippen LogP contribution < -0.4 is 10.7 Å². The second-order valence-electron chi connectivity index (χ2n) is 6.46. The molecule has 0 unspecified atom stereocenters. The molecule has 0 bridgehead atoms. The Morgan fingerprint density at radius 3 is 2.68 bits per heavy atom. The molecule has 148 valence electrons. The van der Waals surface area contributed by atoms with Crippen LogP contribution >= 0.6 is 15.9 Å². The number of hydrogen-bond donors (Lipinski definition) is 2. The fraction of sp³-hybridized carbons (Fsp3) is 0.350.